The summed E-state index contributed by atoms with van der Waals surface area (Å²) >= 11 is 0. The van der Waals surface area contributed by atoms with E-state index in [-0.39, 0.29) is 18.1 Å². The predicted octanol–water partition coefficient (Wildman–Crippen LogP) is 1.40. The zero-order chi connectivity index (χ0) is 16.4. The highest BCUT2D eigenvalue weighted by molar-refractivity contribution is 5.97. The molecule has 3 atom stereocenters. The van der Waals surface area contributed by atoms with Crippen molar-refractivity contribution in [2.75, 3.05) is 13.7 Å². The van der Waals surface area contributed by atoms with E-state index in [2.05, 4.69) is 0 Å². The SMILES string of the molecule is CCOC(=O)C1=C[C@H]2C=C(C(=O)OC)[C@H](OC2=O)[C@@H]1C(C)C. The number of hydrogen-bond donors (Lipinski definition) is 0. The fraction of sp³-hybridized carbons (Fsp3) is 0.562. The fourth-order valence-electron chi connectivity index (χ4n) is 2.90. The van der Waals surface area contributed by atoms with Gasteiger partial charge in [-0.25, -0.2) is 9.59 Å². The third kappa shape index (κ3) is 2.77. The van der Waals surface area contributed by atoms with E-state index in [1.54, 1.807) is 13.0 Å². The summed E-state index contributed by atoms with van der Waals surface area (Å²) in [4.78, 5) is 36.2. The minimum absolute atomic E-state index is 0.0293. The second-order valence-electron chi connectivity index (χ2n) is 5.61. The van der Waals surface area contributed by atoms with Gasteiger partial charge in [-0.3, -0.25) is 4.79 Å². The molecule has 0 aromatic carbocycles. The van der Waals surface area contributed by atoms with Crippen molar-refractivity contribution in [3.8, 4) is 0 Å². The maximum Gasteiger partial charge on any atom is 0.337 e. The van der Waals surface area contributed by atoms with Crippen molar-refractivity contribution >= 4 is 17.9 Å². The average Bonchev–Trinajstić information content (AvgIpc) is 2.72. The summed E-state index contributed by atoms with van der Waals surface area (Å²) in [6, 6.07) is 0. The minimum Gasteiger partial charge on any atom is -0.466 e. The first-order chi connectivity index (χ1) is 10.4. The molecule has 0 spiro atoms. The van der Waals surface area contributed by atoms with Gasteiger partial charge >= 0.3 is 17.9 Å². The maximum atomic E-state index is 12.2. The molecule has 3 aliphatic rings. The van der Waals surface area contributed by atoms with Crippen molar-refractivity contribution in [1.29, 1.82) is 0 Å². The second-order valence-corrected chi connectivity index (χ2v) is 5.61. The van der Waals surface area contributed by atoms with Crippen LogP contribution in [-0.2, 0) is 28.6 Å². The van der Waals surface area contributed by atoms with Crippen molar-refractivity contribution < 1.29 is 28.6 Å². The molecule has 0 aromatic rings. The summed E-state index contributed by atoms with van der Waals surface area (Å²) in [5, 5.41) is 0. The molecule has 3 rings (SSSR count). The van der Waals surface area contributed by atoms with Crippen LogP contribution in [0.25, 0.3) is 0 Å². The molecule has 2 bridgehead atoms. The Kier molecular flexibility index (Phi) is 4.68. The predicted molar refractivity (Wildman–Crippen MR) is 76.5 cm³/mol. The lowest BCUT2D eigenvalue weighted by Crippen LogP contribution is -2.39. The van der Waals surface area contributed by atoms with Gasteiger partial charge in [-0.05, 0) is 12.8 Å². The highest BCUT2D eigenvalue weighted by Crippen LogP contribution is 2.39. The van der Waals surface area contributed by atoms with E-state index in [0.29, 0.717) is 5.57 Å². The Bertz CT molecular complexity index is 557. The molecule has 22 heavy (non-hydrogen) atoms. The Morgan fingerprint density at radius 1 is 1.23 bits per heavy atom. The number of carbonyl (C=O) groups excluding carboxylic acids is 3. The Labute approximate surface area is 129 Å². The number of carbonyl (C=O) groups is 3. The van der Waals surface area contributed by atoms with Gasteiger partial charge in [0.15, 0.2) is 0 Å². The third-order valence-electron chi connectivity index (χ3n) is 3.88. The molecular weight excluding hydrogens is 288 g/mol. The summed E-state index contributed by atoms with van der Waals surface area (Å²) in [6.45, 7) is 5.76. The van der Waals surface area contributed by atoms with Crippen LogP contribution in [0.4, 0.5) is 0 Å². The normalized spacial score (nSPS) is 26.8. The van der Waals surface area contributed by atoms with Crippen LogP contribution in [0.1, 0.15) is 20.8 Å². The smallest absolute Gasteiger partial charge is 0.337 e. The van der Waals surface area contributed by atoms with Crippen LogP contribution < -0.4 is 0 Å². The Hall–Kier alpha value is -2.11. The molecule has 0 amide bonds. The summed E-state index contributed by atoms with van der Waals surface area (Å²) in [6.07, 6.45) is 2.24. The lowest BCUT2D eigenvalue weighted by atomic mass is 9.81. The quantitative estimate of drug-likeness (QED) is 0.577. The van der Waals surface area contributed by atoms with Crippen molar-refractivity contribution in [3.05, 3.63) is 23.3 Å². The number of methoxy groups -OCH3 is 1. The number of ether oxygens (including phenoxy) is 3. The summed E-state index contributed by atoms with van der Waals surface area (Å²) < 4.78 is 15.3. The molecule has 0 N–H and O–H groups in total. The molecule has 0 radical (unpaired) electrons. The summed E-state index contributed by atoms with van der Waals surface area (Å²) in [5.41, 5.74) is 0.661. The van der Waals surface area contributed by atoms with E-state index in [9.17, 15) is 14.4 Å². The van der Waals surface area contributed by atoms with Crippen LogP contribution in [0.3, 0.4) is 0 Å². The van der Waals surface area contributed by atoms with Gasteiger partial charge in [-0.2, -0.15) is 0 Å². The van der Waals surface area contributed by atoms with Crippen molar-refractivity contribution in [3.63, 3.8) is 0 Å². The van der Waals surface area contributed by atoms with Gasteiger partial charge in [0, 0.05) is 11.5 Å². The monoisotopic (exact) mass is 308 g/mol. The van der Waals surface area contributed by atoms with Gasteiger partial charge in [0.05, 0.1) is 25.2 Å². The lowest BCUT2D eigenvalue weighted by Gasteiger charge is -2.31. The Morgan fingerprint density at radius 2 is 1.86 bits per heavy atom. The van der Waals surface area contributed by atoms with Crippen LogP contribution in [0, 0.1) is 17.8 Å². The molecule has 6 nitrogen and oxygen atoms in total. The standard InChI is InChI=1S/C16H20O6/c1-5-21-16(19)10-6-9-7-11(15(18)20-4)13(22-14(9)17)12(10)8(2)3/h6-9,12-13H,5H2,1-4H3/t9-,12+,13-/m0/s1. The minimum atomic E-state index is -0.825. The fourth-order valence-corrected chi connectivity index (χ4v) is 2.90. The molecule has 0 saturated heterocycles. The van der Waals surface area contributed by atoms with Crippen LogP contribution >= 0.6 is 0 Å². The van der Waals surface area contributed by atoms with E-state index >= 15 is 0 Å². The number of rotatable bonds is 4. The molecule has 2 aliphatic heterocycles. The van der Waals surface area contributed by atoms with Gasteiger partial charge in [0.1, 0.15) is 6.10 Å². The maximum absolute atomic E-state index is 12.2. The highest BCUT2D eigenvalue weighted by atomic mass is 16.6. The van der Waals surface area contributed by atoms with Crippen LogP contribution in [0.15, 0.2) is 23.3 Å². The largest absolute Gasteiger partial charge is 0.466 e. The van der Waals surface area contributed by atoms with E-state index < -0.39 is 35.8 Å². The molecule has 1 aliphatic carbocycles. The van der Waals surface area contributed by atoms with E-state index in [4.69, 9.17) is 14.2 Å². The summed E-state index contributed by atoms with van der Waals surface area (Å²) in [5.74, 6) is -2.74. The van der Waals surface area contributed by atoms with Gasteiger partial charge in [0.2, 0.25) is 0 Å². The first-order valence-corrected chi connectivity index (χ1v) is 7.30. The molecule has 0 aromatic heterocycles. The van der Waals surface area contributed by atoms with Gasteiger partial charge in [-0.1, -0.05) is 26.0 Å². The molecule has 0 saturated carbocycles. The van der Waals surface area contributed by atoms with Crippen molar-refractivity contribution in [1.82, 2.24) is 0 Å². The van der Waals surface area contributed by atoms with Crippen molar-refractivity contribution in [2.45, 2.75) is 26.9 Å². The van der Waals surface area contributed by atoms with E-state index in [1.165, 1.54) is 13.2 Å². The zero-order valence-electron chi connectivity index (χ0n) is 13.1. The Balaban J connectivity index is 2.50. The van der Waals surface area contributed by atoms with Crippen LogP contribution in [0.5, 0.6) is 0 Å². The van der Waals surface area contributed by atoms with E-state index in [0.717, 1.165) is 0 Å². The van der Waals surface area contributed by atoms with Crippen LogP contribution in [0.2, 0.25) is 0 Å². The molecule has 120 valence electrons. The highest BCUT2D eigenvalue weighted by Gasteiger charge is 2.46. The molecule has 6 heteroatoms. The lowest BCUT2D eigenvalue weighted by molar-refractivity contribution is -0.155. The molecule has 2 heterocycles. The number of fused-ring (bicyclic) bond motifs is 2. The molecular formula is C16H20O6. The topological polar surface area (TPSA) is 78.9 Å². The van der Waals surface area contributed by atoms with E-state index in [1.807, 2.05) is 13.8 Å². The van der Waals surface area contributed by atoms with Crippen LogP contribution in [-0.4, -0.2) is 37.7 Å². The molecule has 0 unspecified atom stereocenters. The number of hydrogen-bond acceptors (Lipinski definition) is 6. The first-order valence-electron chi connectivity index (χ1n) is 7.30. The summed E-state index contributed by atoms with van der Waals surface area (Å²) in [7, 11) is 1.27. The zero-order valence-corrected chi connectivity index (χ0v) is 13.1. The van der Waals surface area contributed by atoms with Gasteiger partial charge in [0.25, 0.3) is 0 Å². The average molecular weight is 308 g/mol. The molecule has 0 fully saturated rings. The number of esters is 3. The first kappa shape index (κ1) is 16.3. The third-order valence-corrected chi connectivity index (χ3v) is 3.88. The van der Waals surface area contributed by atoms with Gasteiger partial charge < -0.3 is 14.2 Å². The Morgan fingerprint density at radius 3 is 2.41 bits per heavy atom. The van der Waals surface area contributed by atoms with Crippen molar-refractivity contribution in [2.24, 2.45) is 17.8 Å². The van der Waals surface area contributed by atoms with Gasteiger partial charge in [-0.15, -0.1) is 0 Å². The second kappa shape index (κ2) is 6.34.